The average molecular weight is 477 g/mol. The van der Waals surface area contributed by atoms with E-state index in [1.165, 1.54) is 35.0 Å². The number of ether oxygens (including phenoxy) is 2. The number of rotatable bonds is 9. The first-order valence-electron chi connectivity index (χ1n) is 13.1. The number of anilines is 1. The van der Waals surface area contributed by atoms with Crippen LogP contribution in [0.2, 0.25) is 0 Å². The number of H-pyrrole nitrogens is 1. The third-order valence-electron chi connectivity index (χ3n) is 7.46. The van der Waals surface area contributed by atoms with E-state index in [-0.39, 0.29) is 18.7 Å². The number of para-hydroxylation sites is 1. The summed E-state index contributed by atoms with van der Waals surface area (Å²) >= 11 is 0. The van der Waals surface area contributed by atoms with Crippen LogP contribution in [0, 0.1) is 12.8 Å². The number of Topliss-reactive ketones (excluding diaryl/α,β-unsaturated/α-hetero) is 1. The van der Waals surface area contributed by atoms with Gasteiger partial charge in [0.25, 0.3) is 0 Å². The van der Waals surface area contributed by atoms with E-state index in [9.17, 15) is 4.79 Å². The summed E-state index contributed by atoms with van der Waals surface area (Å²) in [6.07, 6.45) is 11.9. The van der Waals surface area contributed by atoms with E-state index in [1.54, 1.807) is 12.4 Å². The van der Waals surface area contributed by atoms with Crippen LogP contribution in [0.4, 0.5) is 5.95 Å². The Morgan fingerprint density at radius 2 is 1.94 bits per heavy atom. The lowest BCUT2D eigenvalue weighted by atomic mass is 9.90. The van der Waals surface area contributed by atoms with E-state index in [2.05, 4.69) is 51.0 Å². The summed E-state index contributed by atoms with van der Waals surface area (Å²) in [4.78, 5) is 27.1. The van der Waals surface area contributed by atoms with Crippen LogP contribution in [0.1, 0.15) is 66.6 Å². The van der Waals surface area contributed by atoms with Gasteiger partial charge in [-0.05, 0) is 75.8 Å². The molecule has 1 aromatic carbocycles. The van der Waals surface area contributed by atoms with E-state index < -0.39 is 0 Å². The number of piperidine rings is 1. The maximum absolute atomic E-state index is 12.4. The van der Waals surface area contributed by atoms with E-state index >= 15 is 0 Å². The Labute approximate surface area is 207 Å². The van der Waals surface area contributed by atoms with Crippen molar-refractivity contribution in [2.75, 3.05) is 31.2 Å². The summed E-state index contributed by atoms with van der Waals surface area (Å²) in [5, 5.41) is 1.37. The van der Waals surface area contributed by atoms with Gasteiger partial charge in [0.2, 0.25) is 5.95 Å². The Bertz CT molecular complexity index is 1110. The number of aromatic nitrogens is 3. The zero-order chi connectivity index (χ0) is 24.0. The molecule has 186 valence electrons. The lowest BCUT2D eigenvalue weighted by Crippen LogP contribution is -2.35. The van der Waals surface area contributed by atoms with Crippen LogP contribution in [-0.4, -0.2) is 53.3 Å². The molecule has 7 heteroatoms. The number of carbonyl (C=O) groups is 1. The summed E-state index contributed by atoms with van der Waals surface area (Å²) in [7, 11) is 0. The quantitative estimate of drug-likeness (QED) is 0.426. The van der Waals surface area contributed by atoms with Crippen LogP contribution in [-0.2, 0) is 15.9 Å². The van der Waals surface area contributed by atoms with Gasteiger partial charge in [-0.1, -0.05) is 18.2 Å². The largest absolute Gasteiger partial charge is 0.358 e. The lowest BCUT2D eigenvalue weighted by molar-refractivity contribution is -0.155. The minimum atomic E-state index is -0.263. The van der Waals surface area contributed by atoms with Gasteiger partial charge in [-0.25, -0.2) is 9.97 Å². The molecule has 3 aromatic rings. The number of carbonyl (C=O) groups excluding carboxylic acids is 1. The molecule has 0 aliphatic carbocycles. The molecule has 0 bridgehead atoms. The molecule has 1 N–H and O–H groups in total. The minimum absolute atomic E-state index is 0.0108. The summed E-state index contributed by atoms with van der Waals surface area (Å²) in [6.45, 7) is 4.83. The summed E-state index contributed by atoms with van der Waals surface area (Å²) in [5.41, 5.74) is 4.51. The SMILES string of the molecule is Cc1[nH]c2ccccc2c1CCCC1CCN(c2ncc(C(=O)COC3CCCCO3)cn2)CC1. The highest BCUT2D eigenvalue weighted by Crippen LogP contribution is 2.28. The van der Waals surface area contributed by atoms with Gasteiger partial charge in [0.1, 0.15) is 6.61 Å². The van der Waals surface area contributed by atoms with Gasteiger partial charge in [-0.3, -0.25) is 4.79 Å². The molecule has 4 heterocycles. The van der Waals surface area contributed by atoms with Crippen LogP contribution in [0.3, 0.4) is 0 Å². The fourth-order valence-electron chi connectivity index (χ4n) is 5.37. The standard InChI is InChI=1S/C28H36N4O3/c1-20-23(24-8-2-3-10-25(24)31-20)9-6-7-21-12-14-32(15-13-21)28-29-17-22(18-30-28)26(33)19-35-27-11-4-5-16-34-27/h2-3,8,10,17-18,21,27,31H,4-7,9,11-16,19H2,1H3. The molecule has 0 amide bonds. The van der Waals surface area contributed by atoms with Crippen molar-refractivity contribution in [3.8, 4) is 0 Å². The molecule has 7 nitrogen and oxygen atoms in total. The van der Waals surface area contributed by atoms with Gasteiger partial charge in [0, 0.05) is 48.7 Å². The first-order valence-corrected chi connectivity index (χ1v) is 13.1. The third-order valence-corrected chi connectivity index (χ3v) is 7.46. The number of nitrogens with one attached hydrogen (secondary N) is 1. The highest BCUT2D eigenvalue weighted by molar-refractivity contribution is 5.96. The van der Waals surface area contributed by atoms with Crippen LogP contribution >= 0.6 is 0 Å². The maximum Gasteiger partial charge on any atom is 0.225 e. The van der Waals surface area contributed by atoms with Crippen molar-refractivity contribution in [2.24, 2.45) is 5.92 Å². The Hall–Kier alpha value is -2.77. The molecule has 1 unspecified atom stereocenters. The molecule has 2 aliphatic heterocycles. The Morgan fingerprint density at radius 3 is 2.71 bits per heavy atom. The molecule has 5 rings (SSSR count). The van der Waals surface area contributed by atoms with Gasteiger partial charge in [0.05, 0.1) is 5.56 Å². The Kier molecular flexibility index (Phi) is 7.74. The van der Waals surface area contributed by atoms with Crippen molar-refractivity contribution < 1.29 is 14.3 Å². The number of aromatic amines is 1. The third kappa shape index (κ3) is 5.90. The van der Waals surface area contributed by atoms with Crippen molar-refractivity contribution in [1.29, 1.82) is 0 Å². The summed E-state index contributed by atoms with van der Waals surface area (Å²) < 4.78 is 11.1. The van der Waals surface area contributed by atoms with Crippen molar-refractivity contribution >= 4 is 22.6 Å². The van der Waals surface area contributed by atoms with Crippen molar-refractivity contribution in [3.63, 3.8) is 0 Å². The normalized spacial score (nSPS) is 19.3. The Morgan fingerprint density at radius 1 is 1.14 bits per heavy atom. The second-order valence-electron chi connectivity index (χ2n) is 9.90. The van der Waals surface area contributed by atoms with E-state index in [1.807, 2.05) is 0 Å². The number of benzene rings is 1. The van der Waals surface area contributed by atoms with Crippen LogP contribution < -0.4 is 4.90 Å². The fraction of sp³-hybridized carbons (Fsp3) is 0.536. The maximum atomic E-state index is 12.4. The smallest absolute Gasteiger partial charge is 0.225 e. The van der Waals surface area contributed by atoms with Gasteiger partial charge >= 0.3 is 0 Å². The molecule has 1 atom stereocenters. The van der Waals surface area contributed by atoms with E-state index in [0.717, 1.165) is 57.5 Å². The van der Waals surface area contributed by atoms with Gasteiger partial charge in [0.15, 0.2) is 12.1 Å². The highest BCUT2D eigenvalue weighted by atomic mass is 16.7. The number of ketones is 1. The zero-order valence-corrected chi connectivity index (χ0v) is 20.7. The van der Waals surface area contributed by atoms with Crippen LogP contribution in [0.15, 0.2) is 36.7 Å². The first-order chi connectivity index (χ1) is 17.2. The summed E-state index contributed by atoms with van der Waals surface area (Å²) in [5.74, 6) is 1.36. The predicted molar refractivity (Wildman–Crippen MR) is 137 cm³/mol. The molecule has 0 saturated carbocycles. The second kappa shape index (κ2) is 11.3. The molecule has 2 aliphatic rings. The van der Waals surface area contributed by atoms with Crippen LogP contribution in [0.5, 0.6) is 0 Å². The second-order valence-corrected chi connectivity index (χ2v) is 9.90. The number of nitrogens with zero attached hydrogens (tertiary/aromatic N) is 3. The number of aryl methyl sites for hydroxylation is 2. The number of hydrogen-bond donors (Lipinski definition) is 1. The molecule has 35 heavy (non-hydrogen) atoms. The molecular formula is C28H36N4O3. The fourth-order valence-corrected chi connectivity index (χ4v) is 5.37. The molecule has 0 radical (unpaired) electrons. The molecule has 2 fully saturated rings. The minimum Gasteiger partial charge on any atom is -0.358 e. The monoisotopic (exact) mass is 476 g/mol. The van der Waals surface area contributed by atoms with Gasteiger partial charge < -0.3 is 19.4 Å². The van der Waals surface area contributed by atoms with Gasteiger partial charge in [-0.15, -0.1) is 0 Å². The van der Waals surface area contributed by atoms with Crippen molar-refractivity contribution in [3.05, 3.63) is 53.5 Å². The summed E-state index contributed by atoms with van der Waals surface area (Å²) in [6, 6.07) is 8.60. The highest BCUT2D eigenvalue weighted by Gasteiger charge is 2.22. The van der Waals surface area contributed by atoms with Gasteiger partial charge in [-0.2, -0.15) is 0 Å². The van der Waals surface area contributed by atoms with E-state index in [0.29, 0.717) is 18.1 Å². The number of fused-ring (bicyclic) bond motifs is 1. The molecule has 2 saturated heterocycles. The molecule has 2 aromatic heterocycles. The van der Waals surface area contributed by atoms with Crippen molar-refractivity contribution in [2.45, 2.75) is 64.6 Å². The topological polar surface area (TPSA) is 80.3 Å². The van der Waals surface area contributed by atoms with Crippen LogP contribution in [0.25, 0.3) is 10.9 Å². The predicted octanol–water partition coefficient (Wildman–Crippen LogP) is 5.23. The molecule has 0 spiro atoms. The Balaban J connectivity index is 1.05. The molecular weight excluding hydrogens is 440 g/mol. The zero-order valence-electron chi connectivity index (χ0n) is 20.7. The van der Waals surface area contributed by atoms with Crippen molar-refractivity contribution in [1.82, 2.24) is 15.0 Å². The number of hydrogen-bond acceptors (Lipinski definition) is 6. The van der Waals surface area contributed by atoms with E-state index in [4.69, 9.17) is 9.47 Å². The lowest BCUT2D eigenvalue weighted by Gasteiger charge is -2.32. The first kappa shape index (κ1) is 23.9. The average Bonchev–Trinajstić information content (AvgIpc) is 3.23.